The predicted octanol–water partition coefficient (Wildman–Crippen LogP) is 2.22. The molecule has 0 heterocycles. The van der Waals surface area contributed by atoms with E-state index in [0.29, 0.717) is 6.42 Å². The van der Waals surface area contributed by atoms with Gasteiger partial charge in [-0.05, 0) is 29.9 Å². The lowest BCUT2D eigenvalue weighted by molar-refractivity contribution is -0.140. The number of carbonyl (C=O) groups is 1. The first kappa shape index (κ1) is 13.1. The summed E-state index contributed by atoms with van der Waals surface area (Å²) in [6.07, 6.45) is 1.29. The highest BCUT2D eigenvalue weighted by Gasteiger charge is 2.00. The molecular formula is C12H16O3S. The van der Waals surface area contributed by atoms with E-state index in [1.54, 1.807) is 11.8 Å². The maximum atomic E-state index is 10.8. The second-order valence-corrected chi connectivity index (χ2v) is 4.50. The zero-order chi connectivity index (χ0) is 11.8. The molecule has 0 radical (unpaired) electrons. The number of ether oxygens (including phenoxy) is 1. The number of methoxy groups -OCH3 is 1. The number of thioether (sulfide) groups is 1. The number of hydrogen-bond donors (Lipinski definition) is 1. The molecule has 88 valence electrons. The van der Waals surface area contributed by atoms with Gasteiger partial charge >= 0.3 is 5.97 Å². The highest BCUT2D eigenvalue weighted by atomic mass is 32.2. The van der Waals surface area contributed by atoms with E-state index in [2.05, 4.69) is 4.74 Å². The maximum absolute atomic E-state index is 10.8. The minimum absolute atomic E-state index is 0.0767. The zero-order valence-corrected chi connectivity index (χ0v) is 10.1. The van der Waals surface area contributed by atoms with Gasteiger partial charge in [0.25, 0.3) is 0 Å². The van der Waals surface area contributed by atoms with Crippen molar-refractivity contribution in [3.8, 4) is 0 Å². The van der Waals surface area contributed by atoms with E-state index in [0.717, 1.165) is 22.6 Å². The van der Waals surface area contributed by atoms with Crippen LogP contribution < -0.4 is 0 Å². The second-order valence-electron chi connectivity index (χ2n) is 3.33. The predicted molar refractivity (Wildman–Crippen MR) is 64.3 cm³/mol. The molecule has 0 unspecified atom stereocenters. The first-order valence-corrected chi connectivity index (χ1v) is 6.14. The Hall–Kier alpha value is -1.00. The Morgan fingerprint density at radius 2 is 2.06 bits per heavy atom. The van der Waals surface area contributed by atoms with E-state index in [-0.39, 0.29) is 12.6 Å². The quantitative estimate of drug-likeness (QED) is 0.470. The van der Waals surface area contributed by atoms with Crippen LogP contribution in [0, 0.1) is 0 Å². The van der Waals surface area contributed by atoms with Crippen LogP contribution in [0.1, 0.15) is 18.4 Å². The summed E-state index contributed by atoms with van der Waals surface area (Å²) in [7, 11) is 1.41. The molecule has 16 heavy (non-hydrogen) atoms. The number of benzene rings is 1. The summed E-state index contributed by atoms with van der Waals surface area (Å²) in [5.41, 5.74) is 0.916. The highest BCUT2D eigenvalue weighted by Crippen LogP contribution is 2.19. The molecule has 0 saturated carbocycles. The van der Waals surface area contributed by atoms with Crippen molar-refractivity contribution < 1.29 is 14.6 Å². The molecule has 0 fully saturated rings. The van der Waals surface area contributed by atoms with Crippen molar-refractivity contribution in [3.63, 3.8) is 0 Å². The van der Waals surface area contributed by atoms with E-state index in [4.69, 9.17) is 5.11 Å². The van der Waals surface area contributed by atoms with E-state index in [1.807, 2.05) is 24.3 Å². The smallest absolute Gasteiger partial charge is 0.305 e. The third-order valence-corrected chi connectivity index (χ3v) is 3.23. The van der Waals surface area contributed by atoms with Gasteiger partial charge in [0.15, 0.2) is 0 Å². The normalized spacial score (nSPS) is 10.1. The maximum Gasteiger partial charge on any atom is 0.305 e. The van der Waals surface area contributed by atoms with Crippen LogP contribution in [0.5, 0.6) is 0 Å². The van der Waals surface area contributed by atoms with Gasteiger partial charge in [0, 0.05) is 11.3 Å². The second kappa shape index (κ2) is 7.30. The third kappa shape index (κ3) is 4.68. The number of esters is 1. The summed E-state index contributed by atoms with van der Waals surface area (Å²) in [4.78, 5) is 12.0. The number of aliphatic hydroxyl groups is 1. The molecule has 1 rings (SSSR count). The summed E-state index contributed by atoms with van der Waals surface area (Å²) in [6.45, 7) is 0.0767. The van der Waals surface area contributed by atoms with E-state index < -0.39 is 0 Å². The van der Waals surface area contributed by atoms with Crippen LogP contribution in [0.2, 0.25) is 0 Å². The molecular weight excluding hydrogens is 224 g/mol. The Morgan fingerprint density at radius 3 is 2.62 bits per heavy atom. The molecule has 0 aromatic heterocycles. The number of aliphatic hydroxyl groups excluding tert-OH is 1. The fourth-order valence-corrected chi connectivity index (χ4v) is 2.05. The summed E-state index contributed by atoms with van der Waals surface area (Å²) in [5, 5.41) is 8.87. The van der Waals surface area contributed by atoms with Gasteiger partial charge < -0.3 is 9.84 Å². The zero-order valence-electron chi connectivity index (χ0n) is 9.31. The van der Waals surface area contributed by atoms with Crippen LogP contribution in [0.15, 0.2) is 29.2 Å². The molecule has 4 heteroatoms. The Kier molecular flexibility index (Phi) is 5.96. The molecule has 0 aliphatic rings. The topological polar surface area (TPSA) is 46.5 Å². The minimum Gasteiger partial charge on any atom is -0.469 e. The van der Waals surface area contributed by atoms with E-state index in [1.165, 1.54) is 7.11 Å². The lowest BCUT2D eigenvalue weighted by Crippen LogP contribution is -1.99. The van der Waals surface area contributed by atoms with Crippen molar-refractivity contribution in [2.24, 2.45) is 0 Å². The average Bonchev–Trinajstić information content (AvgIpc) is 2.35. The largest absolute Gasteiger partial charge is 0.469 e. The summed E-state index contributed by atoms with van der Waals surface area (Å²) in [5.74, 6) is 0.740. The van der Waals surface area contributed by atoms with Crippen molar-refractivity contribution in [2.45, 2.75) is 24.3 Å². The molecule has 0 atom stereocenters. The Balaban J connectivity index is 2.24. The molecule has 1 aromatic rings. The molecule has 3 nitrogen and oxygen atoms in total. The molecule has 0 aliphatic carbocycles. The van der Waals surface area contributed by atoms with Gasteiger partial charge in [-0.3, -0.25) is 4.79 Å². The van der Waals surface area contributed by atoms with Crippen LogP contribution >= 0.6 is 11.8 Å². The van der Waals surface area contributed by atoms with E-state index >= 15 is 0 Å². The number of rotatable bonds is 6. The minimum atomic E-state index is -0.156. The van der Waals surface area contributed by atoms with Gasteiger partial charge in [-0.25, -0.2) is 0 Å². The van der Waals surface area contributed by atoms with Crippen LogP contribution in [-0.4, -0.2) is 23.9 Å². The molecule has 1 aromatic carbocycles. The van der Waals surface area contributed by atoms with Gasteiger partial charge in [0.05, 0.1) is 13.7 Å². The summed E-state index contributed by atoms with van der Waals surface area (Å²) < 4.78 is 4.56. The molecule has 0 aliphatic heterocycles. The Labute approximate surface area is 99.8 Å². The van der Waals surface area contributed by atoms with Crippen molar-refractivity contribution in [3.05, 3.63) is 29.8 Å². The van der Waals surface area contributed by atoms with Crippen LogP contribution in [0.4, 0.5) is 0 Å². The lowest BCUT2D eigenvalue weighted by Gasteiger charge is -2.02. The fourth-order valence-electron chi connectivity index (χ4n) is 1.20. The first-order valence-electron chi connectivity index (χ1n) is 5.15. The number of carbonyl (C=O) groups excluding carboxylic acids is 1. The molecule has 0 saturated heterocycles. The molecule has 0 spiro atoms. The van der Waals surface area contributed by atoms with Gasteiger partial charge in [-0.15, -0.1) is 11.8 Å². The average molecular weight is 240 g/mol. The van der Waals surface area contributed by atoms with Gasteiger partial charge in [0.2, 0.25) is 0 Å². The lowest BCUT2D eigenvalue weighted by atomic mass is 10.2. The van der Waals surface area contributed by atoms with E-state index in [9.17, 15) is 4.79 Å². The summed E-state index contributed by atoms with van der Waals surface area (Å²) >= 11 is 1.70. The third-order valence-electron chi connectivity index (χ3n) is 2.13. The van der Waals surface area contributed by atoms with Crippen molar-refractivity contribution in [1.29, 1.82) is 0 Å². The van der Waals surface area contributed by atoms with Crippen LogP contribution in [-0.2, 0) is 16.1 Å². The number of hydrogen-bond acceptors (Lipinski definition) is 4. The standard InChI is InChI=1S/C12H16O3S/c1-15-12(14)3-2-8-16-11-6-4-10(9-13)5-7-11/h4-7,13H,2-3,8-9H2,1H3. The fraction of sp³-hybridized carbons (Fsp3) is 0.417. The van der Waals surface area contributed by atoms with Crippen molar-refractivity contribution in [2.75, 3.05) is 12.9 Å². The summed E-state index contributed by atoms with van der Waals surface area (Å²) in [6, 6.07) is 7.77. The van der Waals surface area contributed by atoms with Gasteiger partial charge in [-0.2, -0.15) is 0 Å². The van der Waals surface area contributed by atoms with Crippen LogP contribution in [0.3, 0.4) is 0 Å². The van der Waals surface area contributed by atoms with Crippen molar-refractivity contribution in [1.82, 2.24) is 0 Å². The first-order chi connectivity index (χ1) is 7.76. The van der Waals surface area contributed by atoms with Crippen LogP contribution in [0.25, 0.3) is 0 Å². The highest BCUT2D eigenvalue weighted by molar-refractivity contribution is 7.99. The molecule has 0 amide bonds. The Bertz CT molecular complexity index is 322. The van der Waals surface area contributed by atoms with Crippen molar-refractivity contribution >= 4 is 17.7 Å². The monoisotopic (exact) mass is 240 g/mol. The van der Waals surface area contributed by atoms with Gasteiger partial charge in [0.1, 0.15) is 0 Å². The molecule has 0 bridgehead atoms. The molecule has 1 N–H and O–H groups in total. The Morgan fingerprint density at radius 1 is 1.38 bits per heavy atom. The van der Waals surface area contributed by atoms with Gasteiger partial charge in [-0.1, -0.05) is 12.1 Å². The SMILES string of the molecule is COC(=O)CCCSc1ccc(CO)cc1.